The van der Waals surface area contributed by atoms with E-state index in [2.05, 4.69) is 5.32 Å². The summed E-state index contributed by atoms with van der Waals surface area (Å²) in [6.07, 6.45) is 0. The topological polar surface area (TPSA) is 52.7 Å². The fourth-order valence-corrected chi connectivity index (χ4v) is 1.58. The van der Waals surface area contributed by atoms with Gasteiger partial charge in [-0.05, 0) is 38.4 Å². The van der Waals surface area contributed by atoms with Crippen LogP contribution in [0.1, 0.15) is 6.92 Å². The molecule has 0 radical (unpaired) electrons. The minimum absolute atomic E-state index is 0.0133. The lowest BCUT2D eigenvalue weighted by molar-refractivity contribution is -0.132. The van der Waals surface area contributed by atoms with Gasteiger partial charge in [0.15, 0.2) is 0 Å². The van der Waals surface area contributed by atoms with Crippen molar-refractivity contribution in [1.82, 2.24) is 9.80 Å². The smallest absolute Gasteiger partial charge is 0.243 e. The molecule has 0 heterocycles. The van der Waals surface area contributed by atoms with Gasteiger partial charge >= 0.3 is 0 Å². The number of hydrogen-bond acceptors (Lipinski definition) is 3. The molecule has 2 amide bonds. The second kappa shape index (κ2) is 7.59. The molecule has 20 heavy (non-hydrogen) atoms. The first kappa shape index (κ1) is 16.1. The Kier molecular flexibility index (Phi) is 6.11. The average Bonchev–Trinajstić information content (AvgIpc) is 2.36. The van der Waals surface area contributed by atoms with Gasteiger partial charge in [-0.15, -0.1) is 0 Å². The number of hydrogen-bond donors (Lipinski definition) is 1. The van der Waals surface area contributed by atoms with Crippen LogP contribution in [0.4, 0.5) is 10.1 Å². The van der Waals surface area contributed by atoms with Crippen LogP contribution in [0.2, 0.25) is 0 Å². The third kappa shape index (κ3) is 5.79. The van der Waals surface area contributed by atoms with Crippen molar-refractivity contribution < 1.29 is 14.0 Å². The van der Waals surface area contributed by atoms with Crippen molar-refractivity contribution in [2.75, 3.05) is 39.0 Å². The number of rotatable bonds is 6. The van der Waals surface area contributed by atoms with Crippen LogP contribution in [0.5, 0.6) is 0 Å². The molecule has 0 aliphatic rings. The predicted octanol–water partition coefficient (Wildman–Crippen LogP) is 1.17. The Morgan fingerprint density at radius 2 is 1.75 bits per heavy atom. The first-order chi connectivity index (χ1) is 9.38. The average molecular weight is 281 g/mol. The lowest BCUT2D eigenvalue weighted by atomic mass is 10.3. The Labute approximate surface area is 118 Å². The molecule has 0 aliphatic heterocycles. The molecule has 110 valence electrons. The van der Waals surface area contributed by atoms with Gasteiger partial charge < -0.3 is 15.1 Å². The zero-order valence-corrected chi connectivity index (χ0v) is 12.0. The van der Waals surface area contributed by atoms with Crippen LogP contribution in [-0.2, 0) is 9.59 Å². The van der Waals surface area contributed by atoms with Crippen molar-refractivity contribution in [3.05, 3.63) is 30.1 Å². The van der Waals surface area contributed by atoms with Crippen LogP contribution in [-0.4, -0.2) is 55.3 Å². The van der Waals surface area contributed by atoms with E-state index in [0.29, 0.717) is 18.8 Å². The van der Waals surface area contributed by atoms with Gasteiger partial charge in [-0.3, -0.25) is 9.59 Å². The Morgan fingerprint density at radius 3 is 2.25 bits per heavy atom. The molecule has 0 fully saturated rings. The number of likely N-dealkylation sites (N-methyl/N-ethyl adjacent to an activating group) is 1. The molecule has 0 unspecified atom stereocenters. The summed E-state index contributed by atoms with van der Waals surface area (Å²) in [5.41, 5.74) is 0.507. The number of amides is 2. The van der Waals surface area contributed by atoms with E-state index in [1.54, 1.807) is 0 Å². The van der Waals surface area contributed by atoms with Crippen molar-refractivity contribution in [2.24, 2.45) is 0 Å². The number of halogens is 1. The van der Waals surface area contributed by atoms with Crippen molar-refractivity contribution in [2.45, 2.75) is 6.92 Å². The van der Waals surface area contributed by atoms with E-state index in [4.69, 9.17) is 0 Å². The maximum Gasteiger partial charge on any atom is 0.243 e. The second-order valence-corrected chi connectivity index (χ2v) is 4.80. The molecule has 1 aromatic carbocycles. The van der Waals surface area contributed by atoms with Gasteiger partial charge in [-0.1, -0.05) is 0 Å². The van der Waals surface area contributed by atoms with Gasteiger partial charge in [0.05, 0.1) is 6.54 Å². The summed E-state index contributed by atoms with van der Waals surface area (Å²) in [7, 11) is 3.80. The molecule has 0 bridgehead atoms. The van der Waals surface area contributed by atoms with Gasteiger partial charge in [-0.2, -0.15) is 0 Å². The summed E-state index contributed by atoms with van der Waals surface area (Å²) in [5, 5.41) is 2.63. The number of nitrogens with one attached hydrogen (secondary N) is 1. The lowest BCUT2D eigenvalue weighted by Crippen LogP contribution is -2.40. The highest BCUT2D eigenvalue weighted by Gasteiger charge is 2.13. The highest BCUT2D eigenvalue weighted by molar-refractivity contribution is 5.94. The fraction of sp³-hybridized carbons (Fsp3) is 0.429. The molecule has 0 spiro atoms. The molecule has 1 rings (SSSR count). The number of nitrogens with zero attached hydrogens (tertiary/aromatic N) is 2. The standard InChI is InChI=1S/C14H20FN3O2/c1-11(19)18(9-8-17(2)3)10-14(20)16-13-6-4-12(15)5-7-13/h4-7H,8-10H2,1-3H3,(H,16,20). The van der Waals surface area contributed by atoms with Crippen molar-refractivity contribution in [3.63, 3.8) is 0 Å². The van der Waals surface area contributed by atoms with E-state index < -0.39 is 0 Å². The summed E-state index contributed by atoms with van der Waals surface area (Å²) in [6.45, 7) is 2.59. The van der Waals surface area contributed by atoms with Crippen molar-refractivity contribution in [1.29, 1.82) is 0 Å². The number of benzene rings is 1. The molecular formula is C14H20FN3O2. The molecule has 0 saturated heterocycles. The van der Waals surface area contributed by atoms with Crippen molar-refractivity contribution >= 4 is 17.5 Å². The van der Waals surface area contributed by atoms with E-state index >= 15 is 0 Å². The third-order valence-corrected chi connectivity index (χ3v) is 2.72. The molecule has 0 atom stereocenters. The Morgan fingerprint density at radius 1 is 1.15 bits per heavy atom. The Bertz CT molecular complexity index is 460. The number of carbonyl (C=O) groups is 2. The zero-order chi connectivity index (χ0) is 15.1. The van der Waals surface area contributed by atoms with Gasteiger partial charge in [0.25, 0.3) is 0 Å². The first-order valence-electron chi connectivity index (χ1n) is 6.34. The molecule has 0 aliphatic carbocycles. The molecule has 1 N–H and O–H groups in total. The van der Waals surface area contributed by atoms with E-state index in [-0.39, 0.29) is 24.2 Å². The summed E-state index contributed by atoms with van der Waals surface area (Å²) < 4.78 is 12.7. The van der Waals surface area contributed by atoms with E-state index in [1.165, 1.54) is 36.1 Å². The quantitative estimate of drug-likeness (QED) is 0.851. The second-order valence-electron chi connectivity index (χ2n) is 4.80. The van der Waals surface area contributed by atoms with Crippen LogP contribution in [0.15, 0.2) is 24.3 Å². The Balaban J connectivity index is 2.53. The fourth-order valence-electron chi connectivity index (χ4n) is 1.58. The minimum atomic E-state index is -0.362. The highest BCUT2D eigenvalue weighted by atomic mass is 19.1. The zero-order valence-electron chi connectivity index (χ0n) is 12.0. The first-order valence-corrected chi connectivity index (χ1v) is 6.34. The molecule has 6 heteroatoms. The number of anilines is 1. The van der Waals surface area contributed by atoms with Gasteiger partial charge in [0.1, 0.15) is 5.82 Å². The summed E-state index contributed by atoms with van der Waals surface area (Å²) >= 11 is 0. The van der Waals surface area contributed by atoms with E-state index in [9.17, 15) is 14.0 Å². The van der Waals surface area contributed by atoms with Crippen LogP contribution in [0.25, 0.3) is 0 Å². The third-order valence-electron chi connectivity index (χ3n) is 2.72. The predicted molar refractivity (Wildman–Crippen MR) is 75.8 cm³/mol. The summed E-state index contributed by atoms with van der Waals surface area (Å²) in [4.78, 5) is 26.7. The SMILES string of the molecule is CC(=O)N(CCN(C)C)CC(=O)Nc1ccc(F)cc1. The van der Waals surface area contributed by atoms with Crippen LogP contribution in [0, 0.1) is 5.82 Å². The molecular weight excluding hydrogens is 261 g/mol. The van der Waals surface area contributed by atoms with E-state index in [0.717, 1.165) is 0 Å². The maximum atomic E-state index is 12.7. The summed E-state index contributed by atoms with van der Waals surface area (Å²) in [6, 6.07) is 5.49. The Hall–Kier alpha value is -1.95. The number of carbonyl (C=O) groups excluding carboxylic acids is 2. The van der Waals surface area contributed by atoms with Crippen LogP contribution < -0.4 is 5.32 Å². The maximum absolute atomic E-state index is 12.7. The summed E-state index contributed by atoms with van der Waals surface area (Å²) in [5.74, 6) is -0.814. The van der Waals surface area contributed by atoms with E-state index in [1.807, 2.05) is 19.0 Å². The molecule has 5 nitrogen and oxygen atoms in total. The molecule has 0 saturated carbocycles. The van der Waals surface area contributed by atoms with Crippen molar-refractivity contribution in [3.8, 4) is 0 Å². The van der Waals surface area contributed by atoms with Gasteiger partial charge in [-0.25, -0.2) is 4.39 Å². The van der Waals surface area contributed by atoms with Gasteiger partial charge in [0.2, 0.25) is 11.8 Å². The highest BCUT2D eigenvalue weighted by Crippen LogP contribution is 2.08. The lowest BCUT2D eigenvalue weighted by Gasteiger charge is -2.22. The normalized spacial score (nSPS) is 10.4. The largest absolute Gasteiger partial charge is 0.332 e. The molecule has 0 aromatic heterocycles. The van der Waals surface area contributed by atoms with Crippen LogP contribution in [0.3, 0.4) is 0 Å². The molecule has 1 aromatic rings. The minimum Gasteiger partial charge on any atom is -0.332 e. The van der Waals surface area contributed by atoms with Gasteiger partial charge in [0, 0.05) is 25.7 Å². The van der Waals surface area contributed by atoms with Crippen LogP contribution >= 0.6 is 0 Å². The monoisotopic (exact) mass is 281 g/mol.